The highest BCUT2D eigenvalue weighted by Crippen LogP contribution is 2.32. The molecule has 3 aliphatic heterocycles. The number of ether oxygens (including phenoxy) is 2. The van der Waals surface area contributed by atoms with Crippen LogP contribution in [0, 0.1) is 10.1 Å². The van der Waals surface area contributed by atoms with Crippen molar-refractivity contribution in [2.75, 3.05) is 51.7 Å². The first kappa shape index (κ1) is 22.6. The molecule has 0 unspecified atom stereocenters. The molecule has 3 aliphatic rings. The number of hydrogen-bond donors (Lipinski definition) is 0. The second kappa shape index (κ2) is 10.8. The summed E-state index contributed by atoms with van der Waals surface area (Å²) in [6, 6.07) is 10.7. The van der Waals surface area contributed by atoms with E-state index in [1.807, 2.05) is 17.8 Å². The van der Waals surface area contributed by atoms with E-state index in [1.165, 1.54) is 11.3 Å². The normalized spacial score (nSPS) is 29.9. The topological polar surface area (TPSA) is 77.3 Å². The molecular formula is C19H28ClN3O5S. The Bertz CT molecular complexity index is 650. The van der Waals surface area contributed by atoms with E-state index >= 15 is 0 Å². The third-order valence-corrected chi connectivity index (χ3v) is 6.81. The minimum absolute atomic E-state index is 0. The largest absolute Gasteiger partial charge is 0.371 e. The SMILES string of the molecule is Cl.O=[N+]([O-])O[C@H]1CO[C@H]2[C@@H]1OC[C@@H]2N1CCN(CCCSc2ccccc2)CC1. The molecule has 0 aromatic heterocycles. The lowest BCUT2D eigenvalue weighted by molar-refractivity contribution is -0.769. The molecule has 8 nitrogen and oxygen atoms in total. The molecule has 3 fully saturated rings. The maximum Gasteiger partial charge on any atom is 0.294 e. The Balaban J connectivity index is 0.00000240. The van der Waals surface area contributed by atoms with Crippen molar-refractivity contribution < 1.29 is 19.4 Å². The van der Waals surface area contributed by atoms with E-state index < -0.39 is 11.2 Å². The van der Waals surface area contributed by atoms with Gasteiger partial charge in [0.1, 0.15) is 12.2 Å². The highest BCUT2D eigenvalue weighted by Gasteiger charge is 2.51. The fourth-order valence-electron chi connectivity index (χ4n) is 4.27. The Morgan fingerprint density at radius 2 is 1.83 bits per heavy atom. The summed E-state index contributed by atoms with van der Waals surface area (Å²) >= 11 is 1.91. The molecule has 29 heavy (non-hydrogen) atoms. The van der Waals surface area contributed by atoms with E-state index in [1.54, 1.807) is 0 Å². The summed E-state index contributed by atoms with van der Waals surface area (Å²) in [6.45, 7) is 5.94. The van der Waals surface area contributed by atoms with Gasteiger partial charge in [0.25, 0.3) is 5.09 Å². The average Bonchev–Trinajstić information content (AvgIpc) is 3.29. The number of hydrogen-bond acceptors (Lipinski definition) is 8. The number of fused-ring (bicyclic) bond motifs is 1. The summed E-state index contributed by atoms with van der Waals surface area (Å²) in [4.78, 5) is 21.6. The molecule has 162 valence electrons. The van der Waals surface area contributed by atoms with E-state index in [0.717, 1.165) is 38.5 Å². The highest BCUT2D eigenvalue weighted by atomic mass is 35.5. The predicted octanol–water partition coefficient (Wildman–Crippen LogP) is 1.95. The molecule has 0 N–H and O–H groups in total. The van der Waals surface area contributed by atoms with Crippen molar-refractivity contribution in [3.8, 4) is 0 Å². The van der Waals surface area contributed by atoms with Crippen LogP contribution in [-0.4, -0.2) is 90.9 Å². The van der Waals surface area contributed by atoms with Crippen LogP contribution in [0.2, 0.25) is 0 Å². The Labute approximate surface area is 181 Å². The van der Waals surface area contributed by atoms with Crippen LogP contribution in [0.5, 0.6) is 0 Å². The van der Waals surface area contributed by atoms with E-state index in [0.29, 0.717) is 6.61 Å². The zero-order valence-electron chi connectivity index (χ0n) is 16.3. The highest BCUT2D eigenvalue weighted by molar-refractivity contribution is 7.99. The Morgan fingerprint density at radius 1 is 1.10 bits per heavy atom. The molecule has 0 radical (unpaired) electrons. The minimum Gasteiger partial charge on any atom is -0.371 e. The third kappa shape index (κ3) is 5.74. The molecule has 4 rings (SSSR count). The van der Waals surface area contributed by atoms with Gasteiger partial charge in [-0.05, 0) is 30.9 Å². The molecule has 4 atom stereocenters. The van der Waals surface area contributed by atoms with Gasteiger partial charge < -0.3 is 19.2 Å². The van der Waals surface area contributed by atoms with Gasteiger partial charge in [0.2, 0.25) is 0 Å². The molecule has 0 saturated carbocycles. The van der Waals surface area contributed by atoms with Gasteiger partial charge in [-0.1, -0.05) is 18.2 Å². The Morgan fingerprint density at radius 3 is 2.55 bits per heavy atom. The molecule has 1 aromatic carbocycles. The number of benzene rings is 1. The summed E-state index contributed by atoms with van der Waals surface area (Å²) in [5.74, 6) is 1.14. The quantitative estimate of drug-likeness (QED) is 0.260. The average molecular weight is 446 g/mol. The van der Waals surface area contributed by atoms with Crippen LogP contribution >= 0.6 is 24.2 Å². The van der Waals surface area contributed by atoms with E-state index in [-0.39, 0.29) is 37.3 Å². The van der Waals surface area contributed by atoms with E-state index in [4.69, 9.17) is 14.3 Å². The van der Waals surface area contributed by atoms with Crippen LogP contribution in [-0.2, 0) is 14.3 Å². The zero-order valence-corrected chi connectivity index (χ0v) is 17.9. The van der Waals surface area contributed by atoms with Gasteiger partial charge in [0.15, 0.2) is 6.10 Å². The molecule has 3 saturated heterocycles. The van der Waals surface area contributed by atoms with Gasteiger partial charge in [-0.15, -0.1) is 34.3 Å². The number of halogens is 1. The Hall–Kier alpha value is -1.10. The van der Waals surface area contributed by atoms with Gasteiger partial charge >= 0.3 is 0 Å². The lowest BCUT2D eigenvalue weighted by atomic mass is 10.1. The molecule has 0 bridgehead atoms. The van der Waals surface area contributed by atoms with Crippen LogP contribution in [0.3, 0.4) is 0 Å². The van der Waals surface area contributed by atoms with Crippen LogP contribution in [0.25, 0.3) is 0 Å². The van der Waals surface area contributed by atoms with Gasteiger partial charge in [-0.25, -0.2) is 0 Å². The summed E-state index contributed by atoms with van der Waals surface area (Å²) in [6.07, 6.45) is 0.121. The lowest BCUT2D eigenvalue weighted by Gasteiger charge is -2.38. The summed E-state index contributed by atoms with van der Waals surface area (Å²) in [5, 5.41) is 9.86. The van der Waals surface area contributed by atoms with Crippen molar-refractivity contribution in [2.45, 2.75) is 35.7 Å². The zero-order chi connectivity index (χ0) is 19.3. The standard InChI is InChI=1S/C19H27N3O5S.ClH/c23-22(24)27-17-14-26-18-16(13-25-19(17)18)21-10-8-20(9-11-21)7-4-12-28-15-5-2-1-3-6-15;/h1-3,5-6,16-19H,4,7-14H2;1H/t16-,17-,18+,19+;/m0./s1. The third-order valence-electron chi connectivity index (χ3n) is 5.71. The number of piperazine rings is 1. The van der Waals surface area contributed by atoms with Gasteiger partial charge in [0.05, 0.1) is 19.3 Å². The van der Waals surface area contributed by atoms with Crippen LogP contribution in [0.15, 0.2) is 35.2 Å². The molecule has 3 heterocycles. The summed E-state index contributed by atoms with van der Waals surface area (Å²) in [5.41, 5.74) is 0. The lowest BCUT2D eigenvalue weighted by Crippen LogP contribution is -2.54. The number of rotatable bonds is 8. The first-order valence-electron chi connectivity index (χ1n) is 9.89. The molecule has 1 aromatic rings. The van der Waals surface area contributed by atoms with Crippen LogP contribution in [0.4, 0.5) is 0 Å². The van der Waals surface area contributed by atoms with Crippen molar-refractivity contribution in [3.63, 3.8) is 0 Å². The first-order chi connectivity index (χ1) is 13.7. The molecular weight excluding hydrogens is 418 g/mol. The van der Waals surface area contributed by atoms with E-state index in [9.17, 15) is 10.1 Å². The van der Waals surface area contributed by atoms with Crippen molar-refractivity contribution in [2.24, 2.45) is 0 Å². The second-order valence-electron chi connectivity index (χ2n) is 7.42. The number of thioether (sulfide) groups is 1. The van der Waals surface area contributed by atoms with Gasteiger partial charge in [0, 0.05) is 31.1 Å². The fourth-order valence-corrected chi connectivity index (χ4v) is 5.13. The monoisotopic (exact) mass is 445 g/mol. The Kier molecular flexibility index (Phi) is 8.40. The fraction of sp³-hybridized carbons (Fsp3) is 0.684. The first-order valence-corrected chi connectivity index (χ1v) is 10.9. The van der Waals surface area contributed by atoms with Crippen molar-refractivity contribution in [1.29, 1.82) is 0 Å². The van der Waals surface area contributed by atoms with Gasteiger partial charge in [-0.3, -0.25) is 4.90 Å². The van der Waals surface area contributed by atoms with E-state index in [2.05, 4.69) is 34.1 Å². The smallest absolute Gasteiger partial charge is 0.294 e. The van der Waals surface area contributed by atoms with Crippen LogP contribution in [0.1, 0.15) is 6.42 Å². The molecule has 0 spiro atoms. The molecule has 10 heteroatoms. The summed E-state index contributed by atoms with van der Waals surface area (Å²) in [7, 11) is 0. The maximum atomic E-state index is 10.6. The second-order valence-corrected chi connectivity index (χ2v) is 8.59. The number of nitrogens with zero attached hydrogens (tertiary/aromatic N) is 3. The van der Waals surface area contributed by atoms with Crippen molar-refractivity contribution in [3.05, 3.63) is 40.4 Å². The van der Waals surface area contributed by atoms with Crippen molar-refractivity contribution in [1.82, 2.24) is 9.80 Å². The van der Waals surface area contributed by atoms with Crippen LogP contribution < -0.4 is 0 Å². The van der Waals surface area contributed by atoms with Gasteiger partial charge in [-0.2, -0.15) is 0 Å². The minimum atomic E-state index is -0.748. The molecule has 0 amide bonds. The molecule has 0 aliphatic carbocycles. The predicted molar refractivity (Wildman–Crippen MR) is 112 cm³/mol. The maximum absolute atomic E-state index is 10.6. The summed E-state index contributed by atoms with van der Waals surface area (Å²) < 4.78 is 11.6. The van der Waals surface area contributed by atoms with Crippen molar-refractivity contribution >= 4 is 24.2 Å².